The number of hydrogen-bond donors (Lipinski definition) is 1. The van der Waals surface area contributed by atoms with Crippen molar-refractivity contribution in [3.63, 3.8) is 0 Å². The Morgan fingerprint density at radius 2 is 1.81 bits per heavy atom. The Hall–Kier alpha value is -2.53. The fourth-order valence-corrected chi connectivity index (χ4v) is 4.87. The van der Waals surface area contributed by atoms with E-state index in [1.165, 1.54) is 29.5 Å². The first-order chi connectivity index (χ1) is 12.5. The second-order valence-corrected chi connectivity index (χ2v) is 8.45. The molecule has 0 bridgehead atoms. The van der Waals surface area contributed by atoms with Crippen LogP contribution in [0.5, 0.6) is 5.75 Å². The SMILES string of the molecule is Cc1cc(-c2cc(S(=O)(=O)Nc3ccc(OC(F)(F)F)cc3)c(C)s2)on1. The molecule has 3 aromatic rings. The zero-order chi connectivity index (χ0) is 19.8. The molecule has 0 aliphatic rings. The predicted molar refractivity (Wildman–Crippen MR) is 93.2 cm³/mol. The minimum absolute atomic E-state index is 0.0483. The highest BCUT2D eigenvalue weighted by molar-refractivity contribution is 7.93. The summed E-state index contributed by atoms with van der Waals surface area (Å²) in [6, 6.07) is 7.56. The van der Waals surface area contributed by atoms with E-state index in [4.69, 9.17) is 4.52 Å². The normalized spacial score (nSPS) is 12.2. The molecule has 3 rings (SSSR count). The standard InChI is InChI=1S/C16H13F3N2O4S2/c1-9-7-13(25-20-9)14-8-15(10(2)26-14)27(22,23)21-11-3-5-12(6-4-11)24-16(17,18)19/h3-8,21H,1-2H3. The lowest BCUT2D eigenvalue weighted by molar-refractivity contribution is -0.274. The molecule has 0 saturated heterocycles. The number of rotatable bonds is 5. The van der Waals surface area contributed by atoms with Gasteiger partial charge in [0.05, 0.1) is 10.6 Å². The van der Waals surface area contributed by atoms with Crippen LogP contribution in [0, 0.1) is 13.8 Å². The third kappa shape index (κ3) is 4.61. The molecule has 0 aliphatic heterocycles. The van der Waals surface area contributed by atoms with Crippen LogP contribution in [0.25, 0.3) is 10.6 Å². The van der Waals surface area contributed by atoms with Gasteiger partial charge in [0.25, 0.3) is 10.0 Å². The molecule has 0 fully saturated rings. The quantitative estimate of drug-likeness (QED) is 0.648. The Morgan fingerprint density at radius 3 is 2.37 bits per heavy atom. The number of benzene rings is 1. The molecule has 6 nitrogen and oxygen atoms in total. The van der Waals surface area contributed by atoms with Crippen LogP contribution in [0.15, 0.2) is 45.8 Å². The fraction of sp³-hybridized carbons (Fsp3) is 0.188. The summed E-state index contributed by atoms with van der Waals surface area (Å²) in [5.41, 5.74) is 0.770. The lowest BCUT2D eigenvalue weighted by Gasteiger charge is -2.10. The summed E-state index contributed by atoms with van der Waals surface area (Å²) in [6.07, 6.45) is -4.82. The van der Waals surface area contributed by atoms with Gasteiger partial charge in [-0.05, 0) is 44.2 Å². The second kappa shape index (κ2) is 6.89. The Morgan fingerprint density at radius 1 is 1.15 bits per heavy atom. The summed E-state index contributed by atoms with van der Waals surface area (Å²) < 4.78 is 73.0. The number of aromatic nitrogens is 1. The van der Waals surface area contributed by atoms with Crippen LogP contribution in [0.1, 0.15) is 10.6 Å². The number of nitrogens with one attached hydrogen (secondary N) is 1. The van der Waals surface area contributed by atoms with Gasteiger partial charge in [-0.3, -0.25) is 4.72 Å². The van der Waals surface area contributed by atoms with Crippen molar-refractivity contribution in [1.29, 1.82) is 0 Å². The summed E-state index contributed by atoms with van der Waals surface area (Å²) in [5.74, 6) is 0.0100. The van der Waals surface area contributed by atoms with Crippen LogP contribution in [-0.4, -0.2) is 19.9 Å². The number of ether oxygens (including phenoxy) is 1. The van der Waals surface area contributed by atoms with Crippen molar-refractivity contribution in [2.45, 2.75) is 25.1 Å². The van der Waals surface area contributed by atoms with Gasteiger partial charge in [-0.15, -0.1) is 24.5 Å². The molecule has 11 heteroatoms. The third-order valence-electron chi connectivity index (χ3n) is 3.37. The number of anilines is 1. The van der Waals surface area contributed by atoms with Gasteiger partial charge in [-0.1, -0.05) is 5.16 Å². The van der Waals surface area contributed by atoms with Crippen molar-refractivity contribution in [3.05, 3.63) is 47.0 Å². The van der Waals surface area contributed by atoms with Crippen molar-refractivity contribution in [2.75, 3.05) is 4.72 Å². The smallest absolute Gasteiger partial charge is 0.406 e. The van der Waals surface area contributed by atoms with Crippen LogP contribution >= 0.6 is 11.3 Å². The molecular weight excluding hydrogens is 405 g/mol. The topological polar surface area (TPSA) is 81.4 Å². The van der Waals surface area contributed by atoms with E-state index in [1.54, 1.807) is 19.9 Å². The minimum atomic E-state index is -4.82. The monoisotopic (exact) mass is 418 g/mol. The summed E-state index contributed by atoms with van der Waals surface area (Å²) in [4.78, 5) is 1.18. The van der Waals surface area contributed by atoms with Crippen LogP contribution in [-0.2, 0) is 10.0 Å². The maximum atomic E-state index is 12.6. The Bertz CT molecular complexity index is 1050. The first-order valence-corrected chi connectivity index (χ1v) is 9.76. The zero-order valence-electron chi connectivity index (χ0n) is 14.0. The average Bonchev–Trinajstić information content (AvgIpc) is 3.14. The fourth-order valence-electron chi connectivity index (χ4n) is 2.27. The molecule has 144 valence electrons. The molecule has 0 saturated carbocycles. The van der Waals surface area contributed by atoms with E-state index in [-0.39, 0.29) is 10.6 Å². The highest BCUT2D eigenvalue weighted by atomic mass is 32.2. The van der Waals surface area contributed by atoms with Gasteiger partial charge < -0.3 is 9.26 Å². The van der Waals surface area contributed by atoms with Crippen molar-refractivity contribution in [2.24, 2.45) is 0 Å². The lowest BCUT2D eigenvalue weighted by atomic mass is 10.3. The summed E-state index contributed by atoms with van der Waals surface area (Å²) >= 11 is 1.23. The number of sulfonamides is 1. The van der Waals surface area contributed by atoms with Gasteiger partial charge in [-0.25, -0.2) is 8.42 Å². The highest BCUT2D eigenvalue weighted by Gasteiger charge is 2.31. The van der Waals surface area contributed by atoms with Crippen molar-refractivity contribution < 1.29 is 30.8 Å². The first-order valence-electron chi connectivity index (χ1n) is 7.46. The maximum absolute atomic E-state index is 12.6. The molecule has 0 amide bonds. The van der Waals surface area contributed by atoms with E-state index < -0.39 is 22.1 Å². The van der Waals surface area contributed by atoms with E-state index in [9.17, 15) is 21.6 Å². The van der Waals surface area contributed by atoms with Crippen molar-refractivity contribution in [1.82, 2.24) is 5.16 Å². The number of halogens is 3. The Kier molecular flexibility index (Phi) is 4.91. The molecule has 2 aromatic heterocycles. The molecular formula is C16H13F3N2O4S2. The highest BCUT2D eigenvalue weighted by Crippen LogP contribution is 2.34. The summed E-state index contributed by atoms with van der Waals surface area (Å²) in [5, 5.41) is 3.77. The number of thiophene rings is 1. The molecule has 0 atom stereocenters. The Balaban J connectivity index is 1.82. The second-order valence-electron chi connectivity index (χ2n) is 5.54. The molecule has 0 aliphatic carbocycles. The third-order valence-corrected chi connectivity index (χ3v) is 6.07. The number of alkyl halides is 3. The van der Waals surface area contributed by atoms with E-state index in [0.29, 0.717) is 21.2 Å². The molecule has 0 spiro atoms. The molecule has 27 heavy (non-hydrogen) atoms. The lowest BCUT2D eigenvalue weighted by Crippen LogP contribution is -2.17. The van der Waals surface area contributed by atoms with Crippen LogP contribution < -0.4 is 9.46 Å². The largest absolute Gasteiger partial charge is 0.573 e. The number of nitrogens with zero attached hydrogens (tertiary/aromatic N) is 1. The van der Waals surface area contributed by atoms with Gasteiger partial charge in [0.2, 0.25) is 0 Å². The Labute approximate surface area is 156 Å². The van der Waals surface area contributed by atoms with E-state index >= 15 is 0 Å². The zero-order valence-corrected chi connectivity index (χ0v) is 15.6. The maximum Gasteiger partial charge on any atom is 0.573 e. The van der Waals surface area contributed by atoms with Crippen LogP contribution in [0.3, 0.4) is 0 Å². The molecule has 0 unspecified atom stereocenters. The average molecular weight is 418 g/mol. The van der Waals surface area contributed by atoms with Crippen molar-refractivity contribution >= 4 is 27.0 Å². The molecule has 2 heterocycles. The van der Waals surface area contributed by atoms with E-state index in [1.807, 2.05) is 0 Å². The minimum Gasteiger partial charge on any atom is -0.406 e. The molecule has 0 radical (unpaired) electrons. The molecule has 1 N–H and O–H groups in total. The summed E-state index contributed by atoms with van der Waals surface area (Å²) in [7, 11) is -3.94. The van der Waals surface area contributed by atoms with Crippen molar-refractivity contribution in [3.8, 4) is 16.4 Å². The van der Waals surface area contributed by atoms with Gasteiger partial charge in [-0.2, -0.15) is 0 Å². The van der Waals surface area contributed by atoms with Crippen LogP contribution in [0.2, 0.25) is 0 Å². The number of aryl methyl sites for hydroxylation is 2. The van der Waals surface area contributed by atoms with E-state index in [0.717, 1.165) is 12.1 Å². The van der Waals surface area contributed by atoms with E-state index in [2.05, 4.69) is 14.6 Å². The van der Waals surface area contributed by atoms with Gasteiger partial charge in [0.15, 0.2) is 5.76 Å². The predicted octanol–water partition coefficient (Wildman–Crippen LogP) is 4.72. The van der Waals surface area contributed by atoms with Gasteiger partial charge in [0.1, 0.15) is 10.6 Å². The van der Waals surface area contributed by atoms with Gasteiger partial charge in [0, 0.05) is 16.6 Å². The first kappa shape index (κ1) is 19.2. The summed E-state index contributed by atoms with van der Waals surface area (Å²) in [6.45, 7) is 3.39. The van der Waals surface area contributed by atoms with Gasteiger partial charge >= 0.3 is 6.36 Å². The molecule has 1 aromatic carbocycles. The van der Waals surface area contributed by atoms with Crippen LogP contribution in [0.4, 0.5) is 18.9 Å². The number of hydrogen-bond acceptors (Lipinski definition) is 6.